The van der Waals surface area contributed by atoms with E-state index in [0.29, 0.717) is 17.8 Å². The average molecular weight is 556 g/mol. The smallest absolute Gasteiger partial charge is 0.251 e. The number of hydrogen-bond donors (Lipinski definition) is 2. The van der Waals surface area contributed by atoms with Crippen LogP contribution >= 0.6 is 15.9 Å². The molecule has 4 aliphatic rings. The van der Waals surface area contributed by atoms with Crippen molar-refractivity contribution in [3.05, 3.63) is 93.0 Å². The summed E-state index contributed by atoms with van der Waals surface area (Å²) in [6.45, 7) is 4.67. The Labute approximate surface area is 223 Å². The van der Waals surface area contributed by atoms with Gasteiger partial charge in [0.2, 0.25) is 5.91 Å². The van der Waals surface area contributed by atoms with Gasteiger partial charge in [-0.15, -0.1) is 0 Å². The van der Waals surface area contributed by atoms with E-state index in [1.165, 1.54) is 0 Å². The number of nitrogens with one attached hydrogen (secondary N) is 2. The summed E-state index contributed by atoms with van der Waals surface area (Å²) >= 11 is 3.46. The molecule has 0 aromatic heterocycles. The summed E-state index contributed by atoms with van der Waals surface area (Å²) in [5.41, 5.74) is 2.84. The number of nitrogens with zero attached hydrogens (tertiary/aromatic N) is 1. The average Bonchev–Trinajstić information content (AvgIpc) is 3.61. The number of amides is 2. The maximum atomic E-state index is 14.5. The normalized spacial score (nSPS) is 29.4. The molecule has 186 valence electrons. The maximum absolute atomic E-state index is 14.5. The van der Waals surface area contributed by atoms with Gasteiger partial charge in [0.25, 0.3) is 5.91 Å². The van der Waals surface area contributed by atoms with Crippen LogP contribution in [-0.4, -0.2) is 35.1 Å². The van der Waals surface area contributed by atoms with Gasteiger partial charge in [0.1, 0.15) is 11.0 Å². The van der Waals surface area contributed by atoms with Crippen LogP contribution in [0.2, 0.25) is 0 Å². The molecule has 0 unspecified atom stereocenters. The monoisotopic (exact) mass is 555 g/mol. The molecule has 3 aromatic carbocycles. The van der Waals surface area contributed by atoms with Gasteiger partial charge in [0.15, 0.2) is 5.78 Å². The fourth-order valence-corrected chi connectivity index (χ4v) is 7.95. The van der Waals surface area contributed by atoms with Crippen LogP contribution in [-0.2, 0) is 20.5 Å². The van der Waals surface area contributed by atoms with Crippen molar-refractivity contribution in [2.75, 3.05) is 17.2 Å². The molecule has 2 saturated heterocycles. The molecule has 4 heterocycles. The molecular weight excluding hydrogens is 530 g/mol. The highest BCUT2D eigenvalue weighted by atomic mass is 79.9. The van der Waals surface area contributed by atoms with Crippen LogP contribution in [0.3, 0.4) is 0 Å². The van der Waals surface area contributed by atoms with Crippen LogP contribution in [0.1, 0.15) is 45.5 Å². The van der Waals surface area contributed by atoms with E-state index in [4.69, 9.17) is 0 Å². The van der Waals surface area contributed by atoms with Gasteiger partial charge in [-0.05, 0) is 68.1 Å². The SMILES string of the molecule is Cc1ccc2c(c1C)NC(=O)[C@]21N2CCC[C@H]2[C@@H](C(=O)c2ccc(Br)cc2)[C@]12C(=O)Nc1ccccc12. The second-order valence-corrected chi connectivity index (χ2v) is 11.6. The minimum Gasteiger partial charge on any atom is -0.325 e. The van der Waals surface area contributed by atoms with Crippen LogP contribution in [0, 0.1) is 19.8 Å². The molecule has 37 heavy (non-hydrogen) atoms. The molecule has 0 radical (unpaired) electrons. The summed E-state index contributed by atoms with van der Waals surface area (Å²) in [5, 5.41) is 6.27. The number of anilines is 2. The van der Waals surface area contributed by atoms with Gasteiger partial charge >= 0.3 is 0 Å². The van der Waals surface area contributed by atoms with Crippen molar-refractivity contribution in [1.82, 2.24) is 4.90 Å². The van der Waals surface area contributed by atoms with E-state index in [9.17, 15) is 14.4 Å². The van der Waals surface area contributed by atoms with Crippen LogP contribution in [0.5, 0.6) is 0 Å². The molecule has 6 nitrogen and oxygen atoms in total. The van der Waals surface area contributed by atoms with Gasteiger partial charge in [-0.25, -0.2) is 0 Å². The predicted octanol–water partition coefficient (Wildman–Crippen LogP) is 5.08. The molecule has 2 fully saturated rings. The largest absolute Gasteiger partial charge is 0.325 e. The highest BCUT2D eigenvalue weighted by Gasteiger charge is 2.81. The van der Waals surface area contributed by atoms with Gasteiger partial charge < -0.3 is 10.6 Å². The first-order chi connectivity index (χ1) is 17.8. The molecule has 3 aromatic rings. The Morgan fingerprint density at radius 3 is 2.49 bits per heavy atom. The van der Waals surface area contributed by atoms with Crippen molar-refractivity contribution in [2.45, 2.75) is 43.7 Å². The zero-order valence-electron chi connectivity index (χ0n) is 20.6. The van der Waals surface area contributed by atoms with Crippen molar-refractivity contribution in [3.63, 3.8) is 0 Å². The number of aryl methyl sites for hydroxylation is 1. The predicted molar refractivity (Wildman–Crippen MR) is 145 cm³/mol. The zero-order chi connectivity index (χ0) is 25.7. The summed E-state index contributed by atoms with van der Waals surface area (Å²) in [7, 11) is 0. The van der Waals surface area contributed by atoms with Gasteiger partial charge in [-0.1, -0.05) is 58.4 Å². The Kier molecular flexibility index (Phi) is 4.71. The highest BCUT2D eigenvalue weighted by Crippen LogP contribution is 2.68. The molecule has 2 spiro atoms. The number of benzene rings is 3. The van der Waals surface area contributed by atoms with E-state index in [1.54, 1.807) is 12.1 Å². The first-order valence-electron chi connectivity index (χ1n) is 12.7. The molecule has 7 heteroatoms. The van der Waals surface area contributed by atoms with Crippen molar-refractivity contribution in [3.8, 4) is 0 Å². The van der Waals surface area contributed by atoms with E-state index >= 15 is 0 Å². The fraction of sp³-hybridized carbons (Fsp3) is 0.300. The summed E-state index contributed by atoms with van der Waals surface area (Å²) < 4.78 is 0.878. The lowest BCUT2D eigenvalue weighted by atomic mass is 9.57. The third kappa shape index (κ3) is 2.56. The number of fused-ring (bicyclic) bond motifs is 7. The zero-order valence-corrected chi connectivity index (χ0v) is 22.2. The molecule has 0 saturated carbocycles. The maximum Gasteiger partial charge on any atom is 0.251 e. The lowest BCUT2D eigenvalue weighted by Gasteiger charge is -2.43. The van der Waals surface area contributed by atoms with Gasteiger partial charge in [0.05, 0.1) is 5.92 Å². The Hall–Kier alpha value is -3.29. The minimum atomic E-state index is -1.41. The Morgan fingerprint density at radius 1 is 0.946 bits per heavy atom. The third-order valence-corrected chi connectivity index (χ3v) is 9.74. The van der Waals surface area contributed by atoms with Crippen LogP contribution < -0.4 is 10.6 Å². The van der Waals surface area contributed by atoms with Crippen molar-refractivity contribution in [1.29, 1.82) is 0 Å². The van der Waals surface area contributed by atoms with Gasteiger partial charge in [-0.2, -0.15) is 0 Å². The Morgan fingerprint density at radius 2 is 1.70 bits per heavy atom. The van der Waals surface area contributed by atoms with E-state index in [1.807, 2.05) is 62.4 Å². The number of carbonyl (C=O) groups is 3. The van der Waals surface area contributed by atoms with Gasteiger partial charge in [-0.3, -0.25) is 19.3 Å². The van der Waals surface area contributed by atoms with Crippen LogP contribution in [0.25, 0.3) is 0 Å². The number of ketones is 1. The van der Waals surface area contributed by atoms with Crippen molar-refractivity contribution < 1.29 is 14.4 Å². The number of hydrogen-bond acceptors (Lipinski definition) is 4. The number of Topliss-reactive ketones (excluding diaryl/α,β-unsaturated/α-hetero) is 1. The van der Waals surface area contributed by atoms with Crippen LogP contribution in [0.15, 0.2) is 65.1 Å². The number of para-hydroxylation sites is 1. The molecular formula is C30H26BrN3O3. The summed E-state index contributed by atoms with van der Waals surface area (Å²) in [6, 6.07) is 18.7. The molecule has 4 aliphatic heterocycles. The number of halogens is 1. The third-order valence-electron chi connectivity index (χ3n) is 9.21. The Balaban J connectivity index is 1.59. The molecule has 2 amide bonds. The molecule has 7 rings (SSSR count). The lowest BCUT2D eigenvalue weighted by molar-refractivity contribution is -0.137. The summed E-state index contributed by atoms with van der Waals surface area (Å²) in [4.78, 5) is 45.7. The quantitative estimate of drug-likeness (QED) is 0.432. The van der Waals surface area contributed by atoms with E-state index in [0.717, 1.165) is 45.3 Å². The van der Waals surface area contributed by atoms with Gasteiger partial charge in [0, 0.05) is 33.0 Å². The fourth-order valence-electron chi connectivity index (χ4n) is 7.69. The van der Waals surface area contributed by atoms with E-state index < -0.39 is 16.9 Å². The first kappa shape index (κ1) is 22.9. The van der Waals surface area contributed by atoms with Crippen LogP contribution in [0.4, 0.5) is 11.4 Å². The summed E-state index contributed by atoms with van der Waals surface area (Å²) in [5.74, 6) is -1.32. The molecule has 4 atom stereocenters. The van der Waals surface area contributed by atoms with E-state index in [-0.39, 0.29) is 23.6 Å². The molecule has 0 aliphatic carbocycles. The molecule has 0 bridgehead atoms. The van der Waals surface area contributed by atoms with E-state index in [2.05, 4.69) is 31.5 Å². The number of carbonyl (C=O) groups excluding carboxylic acids is 3. The highest BCUT2D eigenvalue weighted by molar-refractivity contribution is 9.10. The van der Waals surface area contributed by atoms with Crippen molar-refractivity contribution >= 4 is 44.9 Å². The Bertz CT molecular complexity index is 1530. The second-order valence-electron chi connectivity index (χ2n) is 10.7. The topological polar surface area (TPSA) is 78.5 Å². The lowest BCUT2D eigenvalue weighted by Crippen LogP contribution is -2.62. The standard InChI is InChI=1S/C30H26BrN3O3/c1-16-9-14-21-25(17(16)2)33-28(37)30(21)29(20-6-3-4-7-22(20)32-27(29)36)24(23-8-5-15-34(23)30)26(35)18-10-12-19(31)13-11-18/h3-4,6-7,9-14,23-24H,5,8,15H2,1-2H3,(H,32,36)(H,33,37)/t23-,24-,29+,30+/m0/s1. The first-order valence-corrected chi connectivity index (χ1v) is 13.5. The van der Waals surface area contributed by atoms with Crippen molar-refractivity contribution in [2.24, 2.45) is 5.92 Å². The number of rotatable bonds is 2. The molecule has 2 N–H and O–H groups in total. The minimum absolute atomic E-state index is 0.0989. The summed E-state index contributed by atoms with van der Waals surface area (Å²) in [6.07, 6.45) is 1.61. The second kappa shape index (κ2) is 7.62.